The van der Waals surface area contributed by atoms with Crippen molar-refractivity contribution in [3.8, 4) is 0 Å². The van der Waals surface area contributed by atoms with Crippen molar-refractivity contribution in [1.29, 1.82) is 0 Å². The maximum atomic E-state index is 2.68. The van der Waals surface area contributed by atoms with Crippen molar-refractivity contribution in [3.05, 3.63) is 29.3 Å². The molecule has 0 aromatic heterocycles. The van der Waals surface area contributed by atoms with E-state index in [4.69, 9.17) is 0 Å². The van der Waals surface area contributed by atoms with E-state index < -0.39 is 0 Å². The van der Waals surface area contributed by atoms with Crippen LogP contribution in [0.1, 0.15) is 103 Å². The second-order valence-corrected chi connectivity index (χ2v) is 7.45. The molecule has 0 spiro atoms. The van der Waals surface area contributed by atoms with Gasteiger partial charge in [-0.2, -0.15) is 0 Å². The molecule has 0 radical (unpaired) electrons. The van der Waals surface area contributed by atoms with Crippen LogP contribution in [0.2, 0.25) is 0 Å². The van der Waals surface area contributed by atoms with E-state index in [1.807, 2.05) is 0 Å². The Morgan fingerprint density at radius 1 is 0.600 bits per heavy atom. The molecule has 144 valence electrons. The van der Waals surface area contributed by atoms with Crippen LogP contribution in [0, 0.1) is 0 Å². The lowest BCUT2D eigenvalue weighted by atomic mass is 10.0. The molecule has 0 fully saturated rings. The quantitative estimate of drug-likeness (QED) is 0.296. The average molecular weight is 346 g/mol. The van der Waals surface area contributed by atoms with E-state index in [1.165, 1.54) is 88.4 Å². The number of para-hydroxylation sites is 1. The molecule has 1 rings (SSSR count). The van der Waals surface area contributed by atoms with E-state index in [2.05, 4.69) is 50.8 Å². The van der Waals surface area contributed by atoms with Crippen molar-refractivity contribution in [2.45, 2.75) is 105 Å². The van der Waals surface area contributed by atoms with Gasteiger partial charge in [0.2, 0.25) is 0 Å². The summed E-state index contributed by atoms with van der Waals surface area (Å²) in [6.07, 6.45) is 16.2. The lowest BCUT2D eigenvalue weighted by molar-refractivity contribution is 0.561. The number of nitrogens with zero attached hydrogens (tertiary/aromatic N) is 1. The lowest BCUT2D eigenvalue weighted by Crippen LogP contribution is -2.27. The number of rotatable bonds is 15. The predicted octanol–water partition coefficient (Wildman–Crippen LogP) is 7.56. The van der Waals surface area contributed by atoms with Gasteiger partial charge in [-0.3, -0.25) is 0 Å². The molecule has 0 N–H and O–H groups in total. The largest absolute Gasteiger partial charge is 0.371 e. The van der Waals surface area contributed by atoms with Gasteiger partial charge in [-0.05, 0) is 36.8 Å². The van der Waals surface area contributed by atoms with Crippen LogP contribution in [0.25, 0.3) is 0 Å². The van der Waals surface area contributed by atoms with Crippen molar-refractivity contribution in [1.82, 2.24) is 0 Å². The van der Waals surface area contributed by atoms with Gasteiger partial charge in [0.1, 0.15) is 0 Å². The molecule has 0 amide bonds. The summed E-state index contributed by atoms with van der Waals surface area (Å²) < 4.78 is 0. The zero-order valence-electron chi connectivity index (χ0n) is 17.6. The molecule has 0 aliphatic rings. The molecule has 25 heavy (non-hydrogen) atoms. The number of aryl methyl sites for hydroxylation is 2. The molecule has 0 aliphatic carbocycles. The van der Waals surface area contributed by atoms with Crippen LogP contribution < -0.4 is 4.90 Å². The van der Waals surface area contributed by atoms with E-state index in [-0.39, 0.29) is 0 Å². The second-order valence-electron chi connectivity index (χ2n) is 7.45. The fourth-order valence-corrected chi connectivity index (χ4v) is 3.84. The summed E-state index contributed by atoms with van der Waals surface area (Å²) >= 11 is 0. The molecule has 0 saturated heterocycles. The highest BCUT2D eigenvalue weighted by atomic mass is 15.1. The Balaban J connectivity index is 2.45. The van der Waals surface area contributed by atoms with Gasteiger partial charge in [0.05, 0.1) is 0 Å². The minimum Gasteiger partial charge on any atom is -0.371 e. The predicted molar refractivity (Wildman–Crippen MR) is 115 cm³/mol. The summed E-state index contributed by atoms with van der Waals surface area (Å²) in [4.78, 5) is 2.68. The smallest absolute Gasteiger partial charge is 0.0431 e. The van der Waals surface area contributed by atoms with Crippen LogP contribution in [-0.2, 0) is 12.8 Å². The van der Waals surface area contributed by atoms with Gasteiger partial charge < -0.3 is 4.90 Å². The number of hydrogen-bond donors (Lipinski definition) is 0. The van der Waals surface area contributed by atoms with Gasteiger partial charge in [0, 0.05) is 18.8 Å². The van der Waals surface area contributed by atoms with Crippen molar-refractivity contribution in [2.75, 3.05) is 18.0 Å². The van der Waals surface area contributed by atoms with Crippen molar-refractivity contribution in [3.63, 3.8) is 0 Å². The third-order valence-corrected chi connectivity index (χ3v) is 5.31. The first-order valence-electron chi connectivity index (χ1n) is 11.1. The fraction of sp³-hybridized carbons (Fsp3) is 0.750. The maximum absolute atomic E-state index is 2.68. The standard InChI is InChI=1S/C24H43N/c1-5-9-10-11-12-13-14-15-16-21-25(20-6-2)24-22(7-3)18-17-19-23(24)8-4/h17-19H,5-16,20-21H2,1-4H3. The number of anilines is 1. The van der Waals surface area contributed by atoms with Crippen molar-refractivity contribution < 1.29 is 0 Å². The molecule has 0 aliphatic heterocycles. The number of hydrogen-bond acceptors (Lipinski definition) is 1. The van der Waals surface area contributed by atoms with E-state index in [0.29, 0.717) is 0 Å². The zero-order valence-corrected chi connectivity index (χ0v) is 17.6. The number of benzene rings is 1. The highest BCUT2D eigenvalue weighted by Crippen LogP contribution is 2.27. The molecule has 0 saturated carbocycles. The average Bonchev–Trinajstić information content (AvgIpc) is 2.65. The van der Waals surface area contributed by atoms with Crippen LogP contribution in [-0.4, -0.2) is 13.1 Å². The molecule has 1 heteroatoms. The summed E-state index contributed by atoms with van der Waals surface area (Å²) in [5, 5.41) is 0. The Morgan fingerprint density at radius 2 is 1.12 bits per heavy atom. The topological polar surface area (TPSA) is 3.24 Å². The highest BCUT2D eigenvalue weighted by molar-refractivity contribution is 5.60. The van der Waals surface area contributed by atoms with Gasteiger partial charge in [0.15, 0.2) is 0 Å². The summed E-state index contributed by atoms with van der Waals surface area (Å²) in [7, 11) is 0. The van der Waals surface area contributed by atoms with Crippen LogP contribution >= 0.6 is 0 Å². The Bertz CT molecular complexity index is 415. The molecular weight excluding hydrogens is 302 g/mol. The first-order valence-corrected chi connectivity index (χ1v) is 11.1. The van der Waals surface area contributed by atoms with Gasteiger partial charge >= 0.3 is 0 Å². The number of unbranched alkanes of at least 4 members (excludes halogenated alkanes) is 8. The Hall–Kier alpha value is -0.980. The Kier molecular flexibility index (Phi) is 12.5. The third kappa shape index (κ3) is 8.29. The zero-order chi connectivity index (χ0) is 18.3. The molecule has 0 unspecified atom stereocenters. The third-order valence-electron chi connectivity index (χ3n) is 5.31. The van der Waals surface area contributed by atoms with Crippen LogP contribution in [0.5, 0.6) is 0 Å². The van der Waals surface area contributed by atoms with E-state index in [1.54, 1.807) is 5.69 Å². The van der Waals surface area contributed by atoms with E-state index >= 15 is 0 Å². The summed E-state index contributed by atoms with van der Waals surface area (Å²) in [5.74, 6) is 0. The fourth-order valence-electron chi connectivity index (χ4n) is 3.84. The van der Waals surface area contributed by atoms with Crippen LogP contribution in [0.3, 0.4) is 0 Å². The van der Waals surface area contributed by atoms with Crippen molar-refractivity contribution >= 4 is 5.69 Å². The first kappa shape index (κ1) is 22.1. The SMILES string of the molecule is CCCCCCCCCCCN(CCC)c1c(CC)cccc1CC. The molecule has 1 aromatic carbocycles. The summed E-state index contributed by atoms with van der Waals surface area (Å²) in [6, 6.07) is 6.89. The van der Waals surface area contributed by atoms with Gasteiger partial charge in [-0.25, -0.2) is 0 Å². The van der Waals surface area contributed by atoms with Crippen LogP contribution in [0.15, 0.2) is 18.2 Å². The highest BCUT2D eigenvalue weighted by Gasteiger charge is 2.13. The maximum Gasteiger partial charge on any atom is 0.0431 e. The lowest BCUT2D eigenvalue weighted by Gasteiger charge is -2.29. The van der Waals surface area contributed by atoms with E-state index in [0.717, 1.165) is 12.8 Å². The Labute approximate surface area is 158 Å². The normalized spacial score (nSPS) is 11.0. The summed E-state index contributed by atoms with van der Waals surface area (Å²) in [6.45, 7) is 11.6. The minimum atomic E-state index is 1.14. The molecule has 0 atom stereocenters. The molecular formula is C24H43N. The molecule has 0 bridgehead atoms. The summed E-state index contributed by atoms with van der Waals surface area (Å²) in [5.41, 5.74) is 4.61. The first-order chi connectivity index (χ1) is 12.3. The van der Waals surface area contributed by atoms with Crippen molar-refractivity contribution in [2.24, 2.45) is 0 Å². The molecule has 0 heterocycles. The van der Waals surface area contributed by atoms with Gasteiger partial charge in [-0.1, -0.05) is 97.3 Å². The Morgan fingerprint density at radius 3 is 1.60 bits per heavy atom. The second kappa shape index (κ2) is 14.2. The minimum absolute atomic E-state index is 1.14. The van der Waals surface area contributed by atoms with E-state index in [9.17, 15) is 0 Å². The van der Waals surface area contributed by atoms with Crippen LogP contribution in [0.4, 0.5) is 5.69 Å². The monoisotopic (exact) mass is 345 g/mol. The van der Waals surface area contributed by atoms with Gasteiger partial charge in [0.25, 0.3) is 0 Å². The molecule has 1 aromatic rings. The molecule has 1 nitrogen and oxygen atoms in total. The van der Waals surface area contributed by atoms with Gasteiger partial charge in [-0.15, -0.1) is 0 Å².